The van der Waals surface area contributed by atoms with Gasteiger partial charge in [-0.15, -0.1) is 5.10 Å². The molecule has 0 radical (unpaired) electrons. The lowest BCUT2D eigenvalue weighted by Crippen LogP contribution is -2.19. The Morgan fingerprint density at radius 3 is 2.80 bits per heavy atom. The number of fused-ring (bicyclic) bond motifs is 1. The Hall–Kier alpha value is -2.87. The Kier molecular flexibility index (Phi) is 4.10. The summed E-state index contributed by atoms with van der Waals surface area (Å²) in [6.07, 6.45) is 3.67. The van der Waals surface area contributed by atoms with E-state index in [1.54, 1.807) is 18.0 Å². The van der Waals surface area contributed by atoms with E-state index in [1.807, 2.05) is 42.2 Å². The molecule has 1 aliphatic rings. The molecule has 8 nitrogen and oxygen atoms in total. The molecular weight excluding hydrogens is 322 g/mol. The standard InChI is InChI=1S/C17H19N5O3/c1-21-14(5-6-18-21)15(11-23-2)22-10-13(19-20-22)12-3-4-16-17(9-12)25-8-7-24-16/h3-6,9-10,15H,7-8,11H2,1-2H3/t15-/m1/s1. The van der Waals surface area contributed by atoms with Crippen LogP contribution in [0.2, 0.25) is 0 Å². The van der Waals surface area contributed by atoms with E-state index in [0.717, 1.165) is 28.5 Å². The van der Waals surface area contributed by atoms with Gasteiger partial charge in [0.1, 0.15) is 24.9 Å². The minimum absolute atomic E-state index is 0.101. The molecule has 0 saturated heterocycles. The zero-order valence-electron chi connectivity index (χ0n) is 14.1. The molecule has 1 aromatic carbocycles. The summed E-state index contributed by atoms with van der Waals surface area (Å²) in [6, 6.07) is 7.64. The number of nitrogens with zero attached hydrogens (tertiary/aromatic N) is 5. The Labute approximate surface area is 144 Å². The van der Waals surface area contributed by atoms with Crippen molar-refractivity contribution < 1.29 is 14.2 Å². The molecule has 0 aliphatic carbocycles. The summed E-state index contributed by atoms with van der Waals surface area (Å²) in [5.74, 6) is 1.49. The van der Waals surface area contributed by atoms with Gasteiger partial charge in [0.15, 0.2) is 11.5 Å². The Balaban J connectivity index is 1.66. The lowest BCUT2D eigenvalue weighted by molar-refractivity contribution is 0.160. The Bertz CT molecular complexity index is 873. The van der Waals surface area contributed by atoms with Gasteiger partial charge in [-0.2, -0.15) is 5.10 Å². The zero-order chi connectivity index (χ0) is 17.2. The lowest BCUT2D eigenvalue weighted by Gasteiger charge is -2.18. The SMILES string of the molecule is COC[C@H](c1ccnn1C)n1cc(-c2ccc3c(c2)OCCO3)nn1. The topological polar surface area (TPSA) is 76.2 Å². The van der Waals surface area contributed by atoms with Crippen LogP contribution < -0.4 is 9.47 Å². The number of rotatable bonds is 5. The van der Waals surface area contributed by atoms with Gasteiger partial charge in [0.2, 0.25) is 0 Å². The van der Waals surface area contributed by atoms with Crippen LogP contribution in [0.5, 0.6) is 11.5 Å². The van der Waals surface area contributed by atoms with Gasteiger partial charge in [-0.05, 0) is 24.3 Å². The van der Waals surface area contributed by atoms with E-state index in [9.17, 15) is 0 Å². The fourth-order valence-electron chi connectivity index (χ4n) is 2.93. The summed E-state index contributed by atoms with van der Waals surface area (Å²) in [5, 5.41) is 12.8. The van der Waals surface area contributed by atoms with Crippen LogP contribution in [0.15, 0.2) is 36.7 Å². The van der Waals surface area contributed by atoms with Crippen molar-refractivity contribution in [2.45, 2.75) is 6.04 Å². The first-order valence-electron chi connectivity index (χ1n) is 8.05. The van der Waals surface area contributed by atoms with Gasteiger partial charge < -0.3 is 14.2 Å². The monoisotopic (exact) mass is 341 g/mol. The van der Waals surface area contributed by atoms with Gasteiger partial charge in [-0.25, -0.2) is 4.68 Å². The average molecular weight is 341 g/mol. The molecule has 0 unspecified atom stereocenters. The van der Waals surface area contributed by atoms with E-state index in [4.69, 9.17) is 14.2 Å². The van der Waals surface area contributed by atoms with Crippen molar-refractivity contribution in [1.82, 2.24) is 24.8 Å². The van der Waals surface area contributed by atoms with Crippen molar-refractivity contribution in [2.24, 2.45) is 7.05 Å². The molecule has 0 saturated carbocycles. The first-order chi connectivity index (χ1) is 12.3. The van der Waals surface area contributed by atoms with Crippen molar-refractivity contribution >= 4 is 0 Å². The summed E-state index contributed by atoms with van der Waals surface area (Å²) in [7, 11) is 3.57. The first kappa shape index (κ1) is 15.6. The van der Waals surface area contributed by atoms with Crippen LogP contribution in [0.3, 0.4) is 0 Å². The van der Waals surface area contributed by atoms with Crippen LogP contribution in [0.25, 0.3) is 11.3 Å². The lowest BCUT2D eigenvalue weighted by atomic mass is 10.1. The van der Waals surface area contributed by atoms with E-state index in [1.165, 1.54) is 0 Å². The fraction of sp³-hybridized carbons (Fsp3) is 0.353. The highest BCUT2D eigenvalue weighted by Gasteiger charge is 2.20. The molecule has 130 valence electrons. The number of ether oxygens (including phenoxy) is 3. The summed E-state index contributed by atoms with van der Waals surface area (Å²) < 4.78 is 20.2. The van der Waals surface area contributed by atoms with E-state index in [-0.39, 0.29) is 6.04 Å². The van der Waals surface area contributed by atoms with Gasteiger partial charge in [-0.1, -0.05) is 5.21 Å². The van der Waals surface area contributed by atoms with Gasteiger partial charge in [0.25, 0.3) is 0 Å². The predicted octanol–water partition coefficient (Wildman–Crippen LogP) is 1.69. The fourth-order valence-corrected chi connectivity index (χ4v) is 2.93. The van der Waals surface area contributed by atoms with Crippen LogP contribution in [-0.2, 0) is 11.8 Å². The second-order valence-corrected chi connectivity index (χ2v) is 5.79. The average Bonchev–Trinajstić information content (AvgIpc) is 3.29. The smallest absolute Gasteiger partial charge is 0.162 e. The Morgan fingerprint density at radius 1 is 1.20 bits per heavy atom. The highest BCUT2D eigenvalue weighted by atomic mass is 16.6. The molecule has 0 bridgehead atoms. The van der Waals surface area contributed by atoms with E-state index in [0.29, 0.717) is 19.8 Å². The van der Waals surface area contributed by atoms with Crippen LogP contribution in [0.1, 0.15) is 11.7 Å². The minimum Gasteiger partial charge on any atom is -0.486 e. The molecule has 0 spiro atoms. The summed E-state index contributed by atoms with van der Waals surface area (Å²) in [5.41, 5.74) is 2.69. The number of methoxy groups -OCH3 is 1. The normalized spacial score (nSPS) is 14.5. The van der Waals surface area contributed by atoms with Crippen LogP contribution >= 0.6 is 0 Å². The van der Waals surface area contributed by atoms with Crippen LogP contribution in [0.4, 0.5) is 0 Å². The van der Waals surface area contributed by atoms with Crippen molar-refractivity contribution in [1.29, 1.82) is 0 Å². The molecule has 25 heavy (non-hydrogen) atoms. The summed E-state index contributed by atoms with van der Waals surface area (Å²) in [6.45, 7) is 1.61. The van der Waals surface area contributed by atoms with E-state index >= 15 is 0 Å². The number of hydrogen-bond acceptors (Lipinski definition) is 6. The molecule has 1 atom stereocenters. The first-order valence-corrected chi connectivity index (χ1v) is 8.05. The third-order valence-electron chi connectivity index (χ3n) is 4.19. The molecule has 3 heterocycles. The highest BCUT2D eigenvalue weighted by Crippen LogP contribution is 2.34. The molecule has 1 aliphatic heterocycles. The minimum atomic E-state index is -0.101. The quantitative estimate of drug-likeness (QED) is 0.703. The maximum Gasteiger partial charge on any atom is 0.162 e. The third-order valence-corrected chi connectivity index (χ3v) is 4.19. The predicted molar refractivity (Wildman–Crippen MR) is 89.7 cm³/mol. The number of benzene rings is 1. The number of hydrogen-bond donors (Lipinski definition) is 0. The summed E-state index contributed by atoms with van der Waals surface area (Å²) >= 11 is 0. The van der Waals surface area contributed by atoms with Gasteiger partial charge in [0, 0.05) is 25.9 Å². The molecule has 4 rings (SSSR count). The Morgan fingerprint density at radius 2 is 2.04 bits per heavy atom. The molecule has 8 heteroatoms. The van der Waals surface area contributed by atoms with Gasteiger partial charge in [-0.3, -0.25) is 4.68 Å². The molecule has 2 aromatic heterocycles. The van der Waals surface area contributed by atoms with Crippen LogP contribution in [-0.4, -0.2) is 51.7 Å². The second kappa shape index (κ2) is 6.56. The van der Waals surface area contributed by atoms with E-state index < -0.39 is 0 Å². The van der Waals surface area contributed by atoms with Crippen LogP contribution in [0, 0.1) is 0 Å². The largest absolute Gasteiger partial charge is 0.486 e. The van der Waals surface area contributed by atoms with Crippen molar-refractivity contribution in [2.75, 3.05) is 26.9 Å². The number of aromatic nitrogens is 5. The van der Waals surface area contributed by atoms with Crippen molar-refractivity contribution in [3.8, 4) is 22.8 Å². The maximum absolute atomic E-state index is 5.64. The zero-order valence-corrected chi connectivity index (χ0v) is 14.1. The van der Waals surface area contributed by atoms with Gasteiger partial charge >= 0.3 is 0 Å². The third kappa shape index (κ3) is 2.96. The summed E-state index contributed by atoms with van der Waals surface area (Å²) in [4.78, 5) is 0. The maximum atomic E-state index is 5.64. The second-order valence-electron chi connectivity index (χ2n) is 5.79. The van der Waals surface area contributed by atoms with E-state index in [2.05, 4.69) is 15.4 Å². The molecule has 0 N–H and O–H groups in total. The van der Waals surface area contributed by atoms with Gasteiger partial charge in [0.05, 0.1) is 18.5 Å². The number of aryl methyl sites for hydroxylation is 1. The van der Waals surface area contributed by atoms with Crippen molar-refractivity contribution in [3.63, 3.8) is 0 Å². The molecule has 3 aromatic rings. The molecule has 0 fully saturated rings. The molecule has 0 amide bonds. The van der Waals surface area contributed by atoms with Crippen molar-refractivity contribution in [3.05, 3.63) is 42.4 Å². The molecular formula is C17H19N5O3. The highest BCUT2D eigenvalue weighted by molar-refractivity contribution is 5.63.